The van der Waals surface area contributed by atoms with Gasteiger partial charge in [-0.15, -0.1) is 11.3 Å². The fraction of sp³-hybridized carbons (Fsp3) is 0.375. The molecule has 2 aromatic rings. The monoisotopic (exact) mass is 316 g/mol. The third kappa shape index (κ3) is 2.33. The molecular formula is C16H16N2O3S. The van der Waals surface area contributed by atoms with E-state index in [9.17, 15) is 4.79 Å². The Bertz CT molecular complexity index is 701. The van der Waals surface area contributed by atoms with Crippen molar-refractivity contribution in [1.29, 1.82) is 0 Å². The molecule has 0 spiro atoms. The number of fused-ring (bicyclic) bond motifs is 1. The minimum absolute atomic E-state index is 0.0384. The maximum Gasteiger partial charge on any atom is 0.232 e. The maximum atomic E-state index is 12.5. The third-order valence-electron chi connectivity index (χ3n) is 4.14. The largest absolute Gasteiger partial charge is 0.486 e. The molecule has 0 bridgehead atoms. The molecule has 1 aromatic heterocycles. The van der Waals surface area contributed by atoms with Crippen LogP contribution in [0.3, 0.4) is 0 Å². The number of ether oxygens (including phenoxy) is 2. The second-order valence-corrected chi connectivity index (χ2v) is 6.44. The molecule has 2 heterocycles. The van der Waals surface area contributed by atoms with E-state index in [2.05, 4.69) is 4.98 Å². The molecule has 2 aliphatic rings. The summed E-state index contributed by atoms with van der Waals surface area (Å²) in [5.74, 6) is 2.02. The van der Waals surface area contributed by atoms with Gasteiger partial charge in [0.25, 0.3) is 0 Å². The Morgan fingerprint density at radius 3 is 2.91 bits per heavy atom. The number of amides is 1. The van der Waals surface area contributed by atoms with Crippen LogP contribution in [0.5, 0.6) is 11.5 Å². The number of aromatic nitrogens is 1. The first-order chi connectivity index (χ1) is 10.7. The average Bonchev–Trinajstić information content (AvgIpc) is 3.17. The molecule has 0 saturated heterocycles. The van der Waals surface area contributed by atoms with Gasteiger partial charge in [-0.2, -0.15) is 0 Å². The molecule has 0 N–H and O–H groups in total. The van der Waals surface area contributed by atoms with E-state index in [-0.39, 0.29) is 17.7 Å². The molecule has 1 saturated carbocycles. The molecule has 1 amide bonds. The molecule has 1 aliphatic heterocycles. The lowest BCUT2D eigenvalue weighted by Crippen LogP contribution is -2.28. The van der Waals surface area contributed by atoms with Crippen LogP contribution in [-0.2, 0) is 4.79 Å². The van der Waals surface area contributed by atoms with E-state index in [1.165, 1.54) is 11.3 Å². The van der Waals surface area contributed by atoms with Gasteiger partial charge in [0.15, 0.2) is 16.6 Å². The number of benzene rings is 1. The molecule has 5 nitrogen and oxygen atoms in total. The van der Waals surface area contributed by atoms with E-state index < -0.39 is 0 Å². The highest BCUT2D eigenvalue weighted by atomic mass is 32.1. The summed E-state index contributed by atoms with van der Waals surface area (Å²) in [5, 5.41) is 2.63. The highest BCUT2D eigenvalue weighted by Gasteiger charge is 2.46. The summed E-state index contributed by atoms with van der Waals surface area (Å²) < 4.78 is 11.1. The van der Waals surface area contributed by atoms with E-state index >= 15 is 0 Å². The Labute approximate surface area is 132 Å². The number of nitrogens with zero attached hydrogens (tertiary/aromatic N) is 2. The zero-order valence-corrected chi connectivity index (χ0v) is 13.0. The normalized spacial score (nSPS) is 22.2. The van der Waals surface area contributed by atoms with Crippen LogP contribution in [0.15, 0.2) is 29.8 Å². The minimum atomic E-state index is 0.0384. The van der Waals surface area contributed by atoms with E-state index in [0.717, 1.165) is 28.6 Å². The third-order valence-corrected chi connectivity index (χ3v) is 4.99. The number of hydrogen-bond donors (Lipinski definition) is 0. The van der Waals surface area contributed by atoms with Crippen molar-refractivity contribution in [3.63, 3.8) is 0 Å². The van der Waals surface area contributed by atoms with E-state index in [0.29, 0.717) is 13.2 Å². The maximum absolute atomic E-state index is 12.5. The highest BCUT2D eigenvalue weighted by molar-refractivity contribution is 7.13. The number of thiazole rings is 1. The van der Waals surface area contributed by atoms with Gasteiger partial charge in [0.05, 0.1) is 0 Å². The van der Waals surface area contributed by atoms with Crippen molar-refractivity contribution in [2.24, 2.45) is 5.92 Å². The summed E-state index contributed by atoms with van der Waals surface area (Å²) in [7, 11) is 1.79. The van der Waals surface area contributed by atoms with Crippen LogP contribution in [0.25, 0.3) is 0 Å². The number of anilines is 1. The molecule has 22 heavy (non-hydrogen) atoms. The summed E-state index contributed by atoms with van der Waals surface area (Å²) in [5.41, 5.74) is 1.15. The van der Waals surface area contributed by atoms with Gasteiger partial charge in [-0.05, 0) is 30.0 Å². The molecule has 0 radical (unpaired) electrons. The second-order valence-electron chi connectivity index (χ2n) is 5.56. The van der Waals surface area contributed by atoms with Crippen molar-refractivity contribution >= 4 is 22.4 Å². The van der Waals surface area contributed by atoms with E-state index in [4.69, 9.17) is 9.47 Å². The number of rotatable bonds is 3. The van der Waals surface area contributed by atoms with Crippen molar-refractivity contribution in [2.75, 3.05) is 25.2 Å². The average molecular weight is 316 g/mol. The Morgan fingerprint density at radius 1 is 1.32 bits per heavy atom. The first-order valence-corrected chi connectivity index (χ1v) is 8.18. The first kappa shape index (κ1) is 13.6. The summed E-state index contributed by atoms with van der Waals surface area (Å²) in [6, 6.07) is 5.99. The van der Waals surface area contributed by atoms with Crippen LogP contribution >= 0.6 is 11.3 Å². The Morgan fingerprint density at radius 2 is 2.14 bits per heavy atom. The standard InChI is InChI=1S/C16H16N2O3S/c1-18(16-17-4-7-22-16)15(19)12-9-11(12)10-2-3-13-14(8-10)21-6-5-20-13/h2-4,7-8,11-12H,5-6,9H2,1H3/t11-,12+/m1/s1. The van der Waals surface area contributed by atoms with Gasteiger partial charge in [-0.1, -0.05) is 6.07 Å². The van der Waals surface area contributed by atoms with Crippen molar-refractivity contribution in [1.82, 2.24) is 4.98 Å². The van der Waals surface area contributed by atoms with Gasteiger partial charge in [0.1, 0.15) is 13.2 Å². The smallest absolute Gasteiger partial charge is 0.232 e. The second kappa shape index (κ2) is 5.28. The molecule has 1 fully saturated rings. The molecule has 114 valence electrons. The predicted octanol–water partition coefficient (Wildman–Crippen LogP) is 2.68. The van der Waals surface area contributed by atoms with Gasteiger partial charge in [0, 0.05) is 24.5 Å². The summed E-state index contributed by atoms with van der Waals surface area (Å²) in [6.07, 6.45) is 2.60. The summed E-state index contributed by atoms with van der Waals surface area (Å²) >= 11 is 1.48. The quantitative estimate of drug-likeness (QED) is 0.873. The van der Waals surface area contributed by atoms with Gasteiger partial charge in [-0.25, -0.2) is 4.98 Å². The van der Waals surface area contributed by atoms with Gasteiger partial charge in [-0.3, -0.25) is 9.69 Å². The zero-order valence-electron chi connectivity index (χ0n) is 12.2. The van der Waals surface area contributed by atoms with Crippen molar-refractivity contribution in [3.8, 4) is 11.5 Å². The lowest BCUT2D eigenvalue weighted by Gasteiger charge is -2.19. The van der Waals surface area contributed by atoms with Crippen LogP contribution in [0.4, 0.5) is 5.13 Å². The van der Waals surface area contributed by atoms with Crippen LogP contribution in [0.2, 0.25) is 0 Å². The molecule has 4 rings (SSSR count). The van der Waals surface area contributed by atoms with Crippen molar-refractivity contribution in [3.05, 3.63) is 35.3 Å². The van der Waals surface area contributed by atoms with E-state index in [1.807, 2.05) is 23.6 Å². The first-order valence-electron chi connectivity index (χ1n) is 7.30. The molecule has 0 unspecified atom stereocenters. The SMILES string of the molecule is CN(C(=O)[C@H]1C[C@@H]1c1ccc2c(c1)OCCO2)c1nccs1. The molecule has 1 aromatic carbocycles. The Balaban J connectivity index is 1.49. The van der Waals surface area contributed by atoms with Gasteiger partial charge in [0.2, 0.25) is 5.91 Å². The lowest BCUT2D eigenvalue weighted by atomic mass is 10.1. The van der Waals surface area contributed by atoms with Crippen LogP contribution in [0, 0.1) is 5.92 Å². The molecule has 1 aliphatic carbocycles. The fourth-order valence-electron chi connectivity index (χ4n) is 2.85. The predicted molar refractivity (Wildman–Crippen MR) is 83.8 cm³/mol. The van der Waals surface area contributed by atoms with Crippen molar-refractivity contribution in [2.45, 2.75) is 12.3 Å². The zero-order chi connectivity index (χ0) is 15.1. The summed E-state index contributed by atoms with van der Waals surface area (Å²) in [6.45, 7) is 1.17. The van der Waals surface area contributed by atoms with Crippen LogP contribution in [0.1, 0.15) is 17.9 Å². The number of carbonyl (C=O) groups is 1. The minimum Gasteiger partial charge on any atom is -0.486 e. The molecule has 2 atom stereocenters. The van der Waals surface area contributed by atoms with Gasteiger partial charge >= 0.3 is 0 Å². The van der Waals surface area contributed by atoms with Crippen molar-refractivity contribution < 1.29 is 14.3 Å². The van der Waals surface area contributed by atoms with Gasteiger partial charge < -0.3 is 9.47 Å². The Kier molecular flexibility index (Phi) is 3.26. The lowest BCUT2D eigenvalue weighted by molar-refractivity contribution is -0.119. The van der Waals surface area contributed by atoms with Crippen LogP contribution in [-0.4, -0.2) is 31.2 Å². The topological polar surface area (TPSA) is 51.7 Å². The molecule has 6 heteroatoms. The number of carbonyl (C=O) groups excluding carboxylic acids is 1. The fourth-order valence-corrected chi connectivity index (χ4v) is 3.46. The Hall–Kier alpha value is -2.08. The highest BCUT2D eigenvalue weighted by Crippen LogP contribution is 2.50. The van der Waals surface area contributed by atoms with Crippen LogP contribution < -0.4 is 14.4 Å². The van der Waals surface area contributed by atoms with E-state index in [1.54, 1.807) is 18.1 Å². The summed E-state index contributed by atoms with van der Waals surface area (Å²) in [4.78, 5) is 18.4. The number of hydrogen-bond acceptors (Lipinski definition) is 5. The molecular weight excluding hydrogens is 300 g/mol.